The normalized spacial score (nSPS) is 11.1. The van der Waals surface area contributed by atoms with Crippen molar-refractivity contribution in [2.75, 3.05) is 0 Å². The smallest absolute Gasteiger partial charge is 0.545 e. The quantitative estimate of drug-likeness (QED) is 0.299. The van der Waals surface area contributed by atoms with Crippen LogP contribution in [0.25, 0.3) is 27.8 Å². The monoisotopic (exact) mass is 525 g/mol. The van der Waals surface area contributed by atoms with Gasteiger partial charge < -0.3 is 14.5 Å². The minimum atomic E-state index is -1.24. The number of pyridine rings is 1. The third-order valence-electron chi connectivity index (χ3n) is 5.71. The molecule has 0 aliphatic heterocycles. The Morgan fingerprint density at radius 3 is 2.71 bits per heavy atom. The van der Waals surface area contributed by atoms with Crippen LogP contribution in [0, 0.1) is 0 Å². The van der Waals surface area contributed by atoms with E-state index in [4.69, 9.17) is 4.98 Å². The van der Waals surface area contributed by atoms with Crippen LogP contribution in [0.2, 0.25) is 0 Å². The van der Waals surface area contributed by atoms with Crippen molar-refractivity contribution in [1.29, 1.82) is 0 Å². The zero-order valence-corrected chi connectivity index (χ0v) is 22.6. The average molecular weight is 526 g/mol. The van der Waals surface area contributed by atoms with Gasteiger partial charge in [0.25, 0.3) is 0 Å². The predicted octanol–water partition coefficient (Wildman–Crippen LogP) is 1.29. The second-order valence-electron chi connectivity index (χ2n) is 7.92. The zero-order chi connectivity index (χ0) is 22.9. The molecule has 0 radical (unpaired) electrons. The van der Waals surface area contributed by atoms with E-state index in [1.165, 1.54) is 6.07 Å². The van der Waals surface area contributed by atoms with E-state index in [0.29, 0.717) is 16.8 Å². The molecule has 166 valence electrons. The average Bonchev–Trinajstić information content (AvgIpc) is 3.35. The van der Waals surface area contributed by atoms with Crippen LogP contribution in [-0.4, -0.2) is 30.3 Å². The Hall–Kier alpha value is -2.52. The molecule has 0 N–H and O–H groups in total. The molecule has 0 atom stereocenters. The van der Waals surface area contributed by atoms with Gasteiger partial charge in [-0.3, -0.25) is 0 Å². The second-order valence-corrected chi connectivity index (χ2v) is 8.67. The number of carboxylic acid groups (broad SMARTS) is 1. The molecule has 7 nitrogen and oxygen atoms in total. The van der Waals surface area contributed by atoms with Crippen LogP contribution in [-0.2, 0) is 13.0 Å². The van der Waals surface area contributed by atoms with Gasteiger partial charge in [0.1, 0.15) is 15.9 Å². The topological polar surface area (TPSA) is 88.7 Å². The third kappa shape index (κ3) is 4.55. The van der Waals surface area contributed by atoms with Crippen LogP contribution in [0.4, 0.5) is 0 Å². The van der Waals surface area contributed by atoms with Gasteiger partial charge in [-0.2, -0.15) is 5.10 Å². The molecule has 34 heavy (non-hydrogen) atoms. The molecule has 3 heterocycles. The van der Waals surface area contributed by atoms with Crippen molar-refractivity contribution in [3.8, 4) is 5.69 Å². The number of carboxylic acids is 1. The van der Waals surface area contributed by atoms with E-state index < -0.39 is 5.97 Å². The maximum atomic E-state index is 11.6. The molecule has 5 aromatic rings. The van der Waals surface area contributed by atoms with Crippen molar-refractivity contribution in [3.63, 3.8) is 0 Å². The zero-order valence-electron chi connectivity index (χ0n) is 19.0. The van der Waals surface area contributed by atoms with E-state index in [-0.39, 0.29) is 35.1 Å². The van der Waals surface area contributed by atoms with E-state index in [0.717, 1.165) is 52.7 Å². The molecule has 0 aliphatic rings. The number of rotatable bonds is 7. The maximum absolute atomic E-state index is 11.6. The van der Waals surface area contributed by atoms with E-state index >= 15 is 0 Å². The van der Waals surface area contributed by atoms with Crippen LogP contribution in [0.15, 0.2) is 65.4 Å². The van der Waals surface area contributed by atoms with Crippen LogP contribution < -0.4 is 34.7 Å². The Labute approximate surface area is 227 Å². The van der Waals surface area contributed by atoms with Crippen LogP contribution in [0.1, 0.15) is 41.5 Å². The Morgan fingerprint density at radius 2 is 1.91 bits per heavy atom. The summed E-state index contributed by atoms with van der Waals surface area (Å²) in [6.45, 7) is 2.81. The number of carbonyl (C=O) groups is 1. The maximum Gasteiger partial charge on any atom is 1.00 e. The first-order valence-electron chi connectivity index (χ1n) is 10.8. The summed E-state index contributed by atoms with van der Waals surface area (Å²) in [5, 5.41) is 17.1. The van der Waals surface area contributed by atoms with Gasteiger partial charge >= 0.3 is 29.6 Å². The van der Waals surface area contributed by atoms with Crippen molar-refractivity contribution in [1.82, 2.24) is 24.3 Å². The van der Waals surface area contributed by atoms with Gasteiger partial charge in [0.05, 0.1) is 23.7 Å². The van der Waals surface area contributed by atoms with Crippen molar-refractivity contribution in [2.24, 2.45) is 0 Å². The van der Waals surface area contributed by atoms with E-state index in [9.17, 15) is 9.90 Å². The summed E-state index contributed by atoms with van der Waals surface area (Å²) in [5.74, 6) is -0.208. The van der Waals surface area contributed by atoms with Gasteiger partial charge in [0.2, 0.25) is 0 Å². The number of hydrogen-bond donors (Lipinski definition) is 0. The number of aromatic nitrogens is 5. The Kier molecular flexibility index (Phi) is 7.52. The second kappa shape index (κ2) is 10.4. The molecule has 0 aliphatic carbocycles. The fourth-order valence-corrected chi connectivity index (χ4v) is 4.66. The van der Waals surface area contributed by atoms with Gasteiger partial charge in [0, 0.05) is 23.6 Å². The first kappa shape index (κ1) is 24.6. The SMILES string of the molecule is CCCCc1nc2cccnc2n1Cc1ccc2nn(-c3ccccc3C(=O)[O-])c(Br)c2c1.[Na+]. The van der Waals surface area contributed by atoms with E-state index in [2.05, 4.69) is 43.6 Å². The largest absolute Gasteiger partial charge is 1.00 e. The predicted molar refractivity (Wildman–Crippen MR) is 128 cm³/mol. The number of benzene rings is 2. The third-order valence-corrected chi connectivity index (χ3v) is 6.47. The first-order valence-corrected chi connectivity index (χ1v) is 11.6. The Morgan fingerprint density at radius 1 is 1.09 bits per heavy atom. The van der Waals surface area contributed by atoms with Crippen molar-refractivity contribution >= 4 is 44.0 Å². The molecule has 3 aromatic heterocycles. The molecule has 0 spiro atoms. The number of aromatic carboxylic acids is 1. The Bertz CT molecular complexity index is 1490. The molecule has 2 aromatic carbocycles. The molecule has 5 rings (SSSR count). The summed E-state index contributed by atoms with van der Waals surface area (Å²) in [4.78, 5) is 21.0. The van der Waals surface area contributed by atoms with Crippen molar-refractivity contribution in [2.45, 2.75) is 32.7 Å². The number of carbonyl (C=O) groups excluding carboxylic acids is 1. The molecular formula is C25H21BrN5NaO2. The van der Waals surface area contributed by atoms with Gasteiger partial charge in [-0.25, -0.2) is 14.6 Å². The molecule has 0 saturated carbocycles. The fraction of sp³-hybridized carbons (Fsp3) is 0.200. The first-order chi connectivity index (χ1) is 16.1. The summed E-state index contributed by atoms with van der Waals surface area (Å²) in [5.41, 5.74) is 4.16. The number of imidazole rings is 1. The standard InChI is InChI=1S/C25H22BrN5O2.Na/c1-2-3-10-22-28-20-8-6-13-27-24(20)30(22)15-16-11-12-19-18(14-16)23(26)31(29-19)21-9-5-4-7-17(21)25(32)33;/h4-9,11-14H,2-3,10,15H2,1H3,(H,32,33);/q;+1/p-1. The van der Waals surface area contributed by atoms with Gasteiger partial charge in [-0.1, -0.05) is 37.6 Å². The van der Waals surface area contributed by atoms with Crippen LogP contribution >= 0.6 is 15.9 Å². The van der Waals surface area contributed by atoms with Crippen LogP contribution in [0.5, 0.6) is 0 Å². The molecule has 0 unspecified atom stereocenters. The number of para-hydroxylation sites is 1. The van der Waals surface area contributed by atoms with Crippen LogP contribution in [0.3, 0.4) is 0 Å². The van der Waals surface area contributed by atoms with Crippen molar-refractivity contribution < 1.29 is 39.5 Å². The van der Waals surface area contributed by atoms with E-state index in [1.54, 1.807) is 29.1 Å². The van der Waals surface area contributed by atoms with Gasteiger partial charge in [0.15, 0.2) is 5.65 Å². The number of aryl methyl sites for hydroxylation is 1. The minimum absolute atomic E-state index is 0. The van der Waals surface area contributed by atoms with E-state index in [1.807, 2.05) is 24.3 Å². The number of unbranched alkanes of at least 4 members (excludes halogenated alkanes) is 1. The van der Waals surface area contributed by atoms with Gasteiger partial charge in [-0.15, -0.1) is 0 Å². The fourth-order valence-electron chi connectivity index (χ4n) is 4.07. The summed E-state index contributed by atoms with van der Waals surface area (Å²) in [6.07, 6.45) is 4.86. The number of hydrogen-bond acceptors (Lipinski definition) is 5. The molecule has 0 bridgehead atoms. The molecule has 0 fully saturated rings. The summed E-state index contributed by atoms with van der Waals surface area (Å²) < 4.78 is 4.46. The molecule has 9 heteroatoms. The minimum Gasteiger partial charge on any atom is -0.545 e. The summed E-state index contributed by atoms with van der Waals surface area (Å²) in [6, 6.07) is 16.6. The van der Waals surface area contributed by atoms with Gasteiger partial charge in [-0.05, 0) is 58.2 Å². The number of fused-ring (bicyclic) bond motifs is 2. The van der Waals surface area contributed by atoms with Crippen molar-refractivity contribution in [3.05, 3.63) is 82.3 Å². The summed E-state index contributed by atoms with van der Waals surface area (Å²) in [7, 11) is 0. The Balaban J connectivity index is 0.00000274. The number of nitrogens with zero attached hydrogens (tertiary/aromatic N) is 5. The molecular weight excluding hydrogens is 505 g/mol. The number of halogens is 1. The molecule has 0 amide bonds. The molecule has 0 saturated heterocycles. The summed E-state index contributed by atoms with van der Waals surface area (Å²) >= 11 is 3.63.